The van der Waals surface area contributed by atoms with Gasteiger partial charge in [-0.1, -0.05) is 0 Å². The standard InChI is InChI=1S/C19H24N2O6S/c1-14(12-25-2)20-19(22)13-27-17-8-10-18(11-9-17)28(23,24)21-15-4-6-16(26-3)7-5-15/h4-11,14,21H,12-13H2,1-3H3,(H,20,22)/t14-/m0/s1. The third-order valence-electron chi connectivity index (χ3n) is 3.67. The summed E-state index contributed by atoms with van der Waals surface area (Å²) in [6.07, 6.45) is 0. The van der Waals surface area contributed by atoms with Gasteiger partial charge in [-0.15, -0.1) is 0 Å². The van der Waals surface area contributed by atoms with Gasteiger partial charge in [0.25, 0.3) is 15.9 Å². The molecular weight excluding hydrogens is 384 g/mol. The van der Waals surface area contributed by atoms with E-state index >= 15 is 0 Å². The zero-order valence-corrected chi connectivity index (χ0v) is 16.8. The number of benzene rings is 2. The van der Waals surface area contributed by atoms with E-state index in [0.717, 1.165) is 0 Å². The Morgan fingerprint density at radius 2 is 1.61 bits per heavy atom. The second-order valence-electron chi connectivity index (χ2n) is 6.02. The van der Waals surface area contributed by atoms with Crippen LogP contribution in [0.4, 0.5) is 5.69 Å². The van der Waals surface area contributed by atoms with Crippen LogP contribution in [0, 0.1) is 0 Å². The zero-order chi connectivity index (χ0) is 20.6. The number of anilines is 1. The first-order valence-corrected chi connectivity index (χ1v) is 10.0. The molecule has 0 aliphatic heterocycles. The Morgan fingerprint density at radius 1 is 1.00 bits per heavy atom. The minimum absolute atomic E-state index is 0.0776. The number of ether oxygens (including phenoxy) is 3. The highest BCUT2D eigenvalue weighted by atomic mass is 32.2. The van der Waals surface area contributed by atoms with E-state index in [2.05, 4.69) is 10.0 Å². The normalized spacial score (nSPS) is 12.1. The van der Waals surface area contributed by atoms with Gasteiger partial charge in [0, 0.05) is 18.8 Å². The van der Waals surface area contributed by atoms with Crippen LogP contribution in [0.5, 0.6) is 11.5 Å². The van der Waals surface area contributed by atoms with Crippen molar-refractivity contribution in [3.8, 4) is 11.5 Å². The third kappa shape index (κ3) is 6.43. The molecule has 0 heterocycles. The van der Waals surface area contributed by atoms with Crippen molar-refractivity contribution >= 4 is 21.6 Å². The number of carbonyl (C=O) groups excluding carboxylic acids is 1. The third-order valence-corrected chi connectivity index (χ3v) is 5.07. The van der Waals surface area contributed by atoms with Crippen molar-refractivity contribution in [3.63, 3.8) is 0 Å². The smallest absolute Gasteiger partial charge is 0.261 e. The molecule has 0 aliphatic rings. The lowest BCUT2D eigenvalue weighted by Gasteiger charge is -2.13. The van der Waals surface area contributed by atoms with Crippen LogP contribution in [0.15, 0.2) is 53.4 Å². The molecule has 2 rings (SSSR count). The molecule has 0 aromatic heterocycles. The summed E-state index contributed by atoms with van der Waals surface area (Å²) in [6.45, 7) is 2.04. The summed E-state index contributed by atoms with van der Waals surface area (Å²) in [5.41, 5.74) is 0.419. The number of sulfonamides is 1. The van der Waals surface area contributed by atoms with E-state index in [-0.39, 0.29) is 23.5 Å². The highest BCUT2D eigenvalue weighted by molar-refractivity contribution is 7.92. The van der Waals surface area contributed by atoms with Crippen molar-refractivity contribution < 1.29 is 27.4 Å². The molecule has 152 valence electrons. The maximum Gasteiger partial charge on any atom is 0.261 e. The molecule has 0 bridgehead atoms. The molecule has 28 heavy (non-hydrogen) atoms. The van der Waals surface area contributed by atoms with E-state index in [9.17, 15) is 13.2 Å². The van der Waals surface area contributed by atoms with Crippen LogP contribution in [0.3, 0.4) is 0 Å². The molecule has 1 atom stereocenters. The second-order valence-corrected chi connectivity index (χ2v) is 7.70. The lowest BCUT2D eigenvalue weighted by atomic mass is 10.3. The van der Waals surface area contributed by atoms with Crippen LogP contribution < -0.4 is 19.5 Å². The van der Waals surface area contributed by atoms with Gasteiger partial charge in [0.2, 0.25) is 0 Å². The molecule has 0 saturated heterocycles. The Bertz CT molecular complexity index is 866. The first-order chi connectivity index (χ1) is 13.3. The van der Waals surface area contributed by atoms with Crippen molar-refractivity contribution in [3.05, 3.63) is 48.5 Å². The van der Waals surface area contributed by atoms with Gasteiger partial charge >= 0.3 is 0 Å². The van der Waals surface area contributed by atoms with Crippen LogP contribution in [-0.4, -0.2) is 47.8 Å². The topological polar surface area (TPSA) is 103 Å². The van der Waals surface area contributed by atoms with Gasteiger partial charge in [-0.25, -0.2) is 8.42 Å². The van der Waals surface area contributed by atoms with Crippen LogP contribution in [-0.2, 0) is 19.6 Å². The molecule has 0 aliphatic carbocycles. The van der Waals surface area contributed by atoms with Crippen LogP contribution in [0.1, 0.15) is 6.92 Å². The minimum Gasteiger partial charge on any atom is -0.497 e. The fraction of sp³-hybridized carbons (Fsp3) is 0.316. The van der Waals surface area contributed by atoms with E-state index in [4.69, 9.17) is 14.2 Å². The Balaban J connectivity index is 1.94. The Kier molecular flexibility index (Phi) is 7.65. The lowest BCUT2D eigenvalue weighted by Crippen LogP contribution is -2.38. The van der Waals surface area contributed by atoms with Gasteiger partial charge in [0.15, 0.2) is 6.61 Å². The van der Waals surface area contributed by atoms with Gasteiger partial charge in [-0.05, 0) is 55.5 Å². The van der Waals surface area contributed by atoms with Gasteiger partial charge in [-0.3, -0.25) is 9.52 Å². The van der Waals surface area contributed by atoms with E-state index < -0.39 is 10.0 Å². The predicted molar refractivity (Wildman–Crippen MR) is 105 cm³/mol. The maximum atomic E-state index is 12.5. The monoisotopic (exact) mass is 408 g/mol. The van der Waals surface area contributed by atoms with Crippen LogP contribution >= 0.6 is 0 Å². The highest BCUT2D eigenvalue weighted by Gasteiger charge is 2.15. The number of nitrogens with one attached hydrogen (secondary N) is 2. The molecule has 0 spiro atoms. The zero-order valence-electron chi connectivity index (χ0n) is 16.0. The first-order valence-electron chi connectivity index (χ1n) is 8.52. The largest absolute Gasteiger partial charge is 0.497 e. The van der Waals surface area contributed by atoms with E-state index in [1.54, 1.807) is 31.4 Å². The van der Waals surface area contributed by atoms with E-state index in [0.29, 0.717) is 23.8 Å². The number of amides is 1. The summed E-state index contributed by atoms with van der Waals surface area (Å²) in [5.74, 6) is 0.727. The molecule has 9 heteroatoms. The van der Waals surface area contributed by atoms with Gasteiger partial charge in [-0.2, -0.15) is 0 Å². The summed E-state index contributed by atoms with van der Waals surface area (Å²) in [6, 6.07) is 12.2. The average Bonchev–Trinajstić information content (AvgIpc) is 2.67. The molecular formula is C19H24N2O6S. The molecule has 0 radical (unpaired) electrons. The lowest BCUT2D eigenvalue weighted by molar-refractivity contribution is -0.124. The van der Waals surface area contributed by atoms with Crippen molar-refractivity contribution in [2.24, 2.45) is 0 Å². The number of hydrogen-bond donors (Lipinski definition) is 2. The second kappa shape index (κ2) is 9.95. The van der Waals surface area contributed by atoms with E-state index in [1.807, 2.05) is 6.92 Å². The van der Waals surface area contributed by atoms with Crippen molar-refractivity contribution in [1.82, 2.24) is 5.32 Å². The minimum atomic E-state index is -3.74. The number of rotatable bonds is 10. The molecule has 0 saturated carbocycles. The van der Waals surface area contributed by atoms with Crippen LogP contribution in [0.25, 0.3) is 0 Å². The summed E-state index contributed by atoms with van der Waals surface area (Å²) >= 11 is 0. The van der Waals surface area contributed by atoms with E-state index in [1.165, 1.54) is 31.4 Å². The Labute approximate surface area is 164 Å². The van der Waals surface area contributed by atoms with Gasteiger partial charge in [0.1, 0.15) is 11.5 Å². The number of methoxy groups -OCH3 is 2. The summed E-state index contributed by atoms with van der Waals surface area (Å²) in [7, 11) is -0.655. The predicted octanol–water partition coefficient (Wildman–Crippen LogP) is 2.03. The summed E-state index contributed by atoms with van der Waals surface area (Å²) < 4.78 is 42.8. The van der Waals surface area contributed by atoms with Crippen LogP contribution in [0.2, 0.25) is 0 Å². The highest BCUT2D eigenvalue weighted by Crippen LogP contribution is 2.21. The molecule has 0 fully saturated rings. The molecule has 8 nitrogen and oxygen atoms in total. The van der Waals surface area contributed by atoms with Crippen molar-refractivity contribution in [2.45, 2.75) is 17.9 Å². The first kappa shape index (κ1) is 21.5. The fourth-order valence-corrected chi connectivity index (χ4v) is 3.40. The van der Waals surface area contributed by atoms with Crippen molar-refractivity contribution in [1.29, 1.82) is 0 Å². The number of hydrogen-bond acceptors (Lipinski definition) is 6. The van der Waals surface area contributed by atoms with Gasteiger partial charge < -0.3 is 19.5 Å². The molecule has 2 aromatic rings. The summed E-state index contributed by atoms with van der Waals surface area (Å²) in [5, 5.41) is 2.72. The summed E-state index contributed by atoms with van der Waals surface area (Å²) in [4.78, 5) is 11.8. The Hall–Kier alpha value is -2.78. The molecule has 2 N–H and O–H groups in total. The van der Waals surface area contributed by atoms with Gasteiger partial charge in [0.05, 0.1) is 18.6 Å². The quantitative estimate of drug-likeness (QED) is 0.624. The Morgan fingerprint density at radius 3 is 2.18 bits per heavy atom. The maximum absolute atomic E-state index is 12.5. The molecule has 0 unspecified atom stereocenters. The van der Waals surface area contributed by atoms with Crippen molar-refractivity contribution in [2.75, 3.05) is 32.2 Å². The molecule has 2 aromatic carbocycles. The SMILES string of the molecule is COC[C@H](C)NC(=O)COc1ccc(S(=O)(=O)Nc2ccc(OC)cc2)cc1. The fourth-order valence-electron chi connectivity index (χ4n) is 2.35. The number of carbonyl (C=O) groups is 1. The average molecular weight is 408 g/mol. The molecule has 1 amide bonds.